The molecule has 4 rings (SSSR count). The van der Waals surface area contributed by atoms with Crippen LogP contribution in [0.3, 0.4) is 0 Å². The smallest absolute Gasteiger partial charge is 0.271 e. The van der Waals surface area contributed by atoms with Crippen molar-refractivity contribution in [2.45, 2.75) is 26.8 Å². The lowest BCUT2D eigenvalue weighted by molar-refractivity contribution is 0.295. The minimum atomic E-state index is -0.236. The van der Waals surface area contributed by atoms with Crippen molar-refractivity contribution < 1.29 is 4.74 Å². The van der Waals surface area contributed by atoms with Crippen LogP contribution < -0.4 is 10.3 Å². The molecule has 2 aromatic carbocycles. The van der Waals surface area contributed by atoms with Gasteiger partial charge in [-0.2, -0.15) is 5.21 Å². The first-order valence-electron chi connectivity index (χ1n) is 9.90. The van der Waals surface area contributed by atoms with E-state index >= 15 is 0 Å². The Labute approximate surface area is 183 Å². The number of tetrazole rings is 1. The van der Waals surface area contributed by atoms with E-state index in [0.29, 0.717) is 24.5 Å². The van der Waals surface area contributed by atoms with E-state index in [1.54, 1.807) is 6.92 Å². The van der Waals surface area contributed by atoms with Crippen LogP contribution in [0.15, 0.2) is 53.3 Å². The molecule has 0 amide bonds. The highest BCUT2D eigenvalue weighted by Crippen LogP contribution is 2.30. The zero-order chi connectivity index (χ0) is 21.8. The van der Waals surface area contributed by atoms with E-state index in [9.17, 15) is 4.79 Å². The highest BCUT2D eigenvalue weighted by Gasteiger charge is 2.15. The van der Waals surface area contributed by atoms with Gasteiger partial charge < -0.3 is 4.74 Å². The Hall–Kier alpha value is -3.52. The van der Waals surface area contributed by atoms with Crippen LogP contribution in [0.1, 0.15) is 24.5 Å². The summed E-state index contributed by atoms with van der Waals surface area (Å²) in [5.74, 6) is 0.818. The summed E-state index contributed by atoms with van der Waals surface area (Å²) in [5.41, 5.74) is 3.99. The summed E-state index contributed by atoms with van der Waals surface area (Å²) in [7, 11) is 0. The van der Waals surface area contributed by atoms with Gasteiger partial charge in [0.15, 0.2) is 0 Å². The molecule has 158 valence electrons. The lowest BCUT2D eigenvalue weighted by Gasteiger charge is -2.12. The number of ether oxygens (including phenoxy) is 1. The predicted octanol–water partition coefficient (Wildman–Crippen LogP) is 3.89. The van der Waals surface area contributed by atoms with Gasteiger partial charge in [0.05, 0.1) is 13.2 Å². The minimum absolute atomic E-state index is 0.236. The van der Waals surface area contributed by atoms with E-state index < -0.39 is 0 Å². The molecule has 9 heteroatoms. The maximum Gasteiger partial charge on any atom is 0.271 e. The summed E-state index contributed by atoms with van der Waals surface area (Å²) in [5, 5.41) is 18.9. The first-order valence-corrected chi connectivity index (χ1v) is 10.3. The third-order valence-corrected chi connectivity index (χ3v) is 5.28. The molecular weight excluding hydrogens is 416 g/mol. The number of aromatic nitrogens is 6. The van der Waals surface area contributed by atoms with Gasteiger partial charge in [0.25, 0.3) is 11.4 Å². The first-order chi connectivity index (χ1) is 15.1. The van der Waals surface area contributed by atoms with E-state index in [-0.39, 0.29) is 16.5 Å². The third kappa shape index (κ3) is 4.34. The molecule has 0 bridgehead atoms. The average molecular weight is 437 g/mol. The second kappa shape index (κ2) is 9.09. The lowest BCUT2D eigenvalue weighted by atomic mass is 9.98. The molecule has 0 unspecified atom stereocenters. The van der Waals surface area contributed by atoms with Crippen molar-refractivity contribution >= 4 is 11.6 Å². The van der Waals surface area contributed by atoms with Gasteiger partial charge in [0.2, 0.25) is 5.82 Å². The van der Waals surface area contributed by atoms with Crippen molar-refractivity contribution in [3.63, 3.8) is 0 Å². The van der Waals surface area contributed by atoms with Gasteiger partial charge in [-0.3, -0.25) is 4.79 Å². The summed E-state index contributed by atoms with van der Waals surface area (Å²) in [6.07, 6.45) is 0.822. The molecular formula is C22H21ClN6O2. The maximum atomic E-state index is 12.6. The molecule has 0 aliphatic rings. The Morgan fingerprint density at radius 1 is 1.10 bits per heavy atom. The first kappa shape index (κ1) is 20.7. The number of aromatic amines is 1. The van der Waals surface area contributed by atoms with Gasteiger partial charge in [-0.1, -0.05) is 67.1 Å². The van der Waals surface area contributed by atoms with Crippen LogP contribution in [-0.2, 0) is 6.54 Å². The number of nitrogens with one attached hydrogen (secondary N) is 1. The molecule has 2 heterocycles. The van der Waals surface area contributed by atoms with Crippen LogP contribution in [0.5, 0.6) is 5.88 Å². The van der Waals surface area contributed by atoms with Crippen molar-refractivity contribution in [1.82, 2.24) is 30.4 Å². The Balaban J connectivity index is 1.62. The number of hydrogen-bond donors (Lipinski definition) is 1. The van der Waals surface area contributed by atoms with Crippen LogP contribution in [0.4, 0.5) is 0 Å². The third-order valence-electron chi connectivity index (χ3n) is 4.84. The Morgan fingerprint density at radius 3 is 2.52 bits per heavy atom. The van der Waals surface area contributed by atoms with Crippen molar-refractivity contribution in [3.05, 3.63) is 75.0 Å². The number of benzene rings is 2. The Bertz CT molecular complexity index is 1240. The van der Waals surface area contributed by atoms with Crippen molar-refractivity contribution in [2.24, 2.45) is 0 Å². The molecule has 0 saturated heterocycles. The second-order valence-electron chi connectivity index (χ2n) is 7.03. The molecule has 0 saturated carbocycles. The topological polar surface area (TPSA) is 98.6 Å². The Kier molecular flexibility index (Phi) is 6.08. The number of nitrogens with zero attached hydrogens (tertiary/aromatic N) is 5. The number of hydrogen-bond acceptors (Lipinski definition) is 6. The molecule has 0 fully saturated rings. The molecule has 0 radical (unpaired) electrons. The minimum Gasteiger partial charge on any atom is -0.476 e. The van der Waals surface area contributed by atoms with Gasteiger partial charge in [0.1, 0.15) is 5.02 Å². The van der Waals surface area contributed by atoms with Crippen LogP contribution >= 0.6 is 11.6 Å². The molecule has 0 atom stereocenters. The zero-order valence-corrected chi connectivity index (χ0v) is 17.9. The molecule has 1 N–H and O–H groups in total. The standard InChI is InChI=1S/C22H21ClN6O2/c1-3-12-31-21-19(23)14(2)22(30)29(26-21)13-15-8-10-16(11-9-15)17-6-4-5-7-18(17)20-24-27-28-25-20/h4-11H,3,12-13H2,1-2H3,(H,24,25,27,28). The summed E-state index contributed by atoms with van der Waals surface area (Å²) in [6, 6.07) is 15.8. The van der Waals surface area contributed by atoms with Gasteiger partial charge in [-0.05, 0) is 35.2 Å². The monoisotopic (exact) mass is 436 g/mol. The molecule has 0 aliphatic heterocycles. The molecule has 0 spiro atoms. The van der Waals surface area contributed by atoms with Crippen molar-refractivity contribution in [1.29, 1.82) is 0 Å². The highest BCUT2D eigenvalue weighted by molar-refractivity contribution is 6.32. The molecule has 0 aliphatic carbocycles. The molecule has 4 aromatic rings. The van der Waals surface area contributed by atoms with E-state index in [1.807, 2.05) is 55.5 Å². The van der Waals surface area contributed by atoms with Crippen molar-refractivity contribution in [3.8, 4) is 28.4 Å². The number of halogens is 1. The zero-order valence-electron chi connectivity index (χ0n) is 17.2. The lowest BCUT2D eigenvalue weighted by Crippen LogP contribution is -2.26. The van der Waals surface area contributed by atoms with Crippen LogP contribution in [0.2, 0.25) is 5.02 Å². The number of H-pyrrole nitrogens is 1. The fourth-order valence-corrected chi connectivity index (χ4v) is 3.39. The maximum absolute atomic E-state index is 12.6. The van der Waals surface area contributed by atoms with Gasteiger partial charge >= 0.3 is 0 Å². The molecule has 2 aromatic heterocycles. The largest absolute Gasteiger partial charge is 0.476 e. The SMILES string of the molecule is CCCOc1nn(Cc2ccc(-c3ccccc3-c3nn[nH]n3)cc2)c(=O)c(C)c1Cl. The van der Waals surface area contributed by atoms with Gasteiger partial charge in [0, 0.05) is 11.1 Å². The number of rotatable bonds is 7. The molecule has 31 heavy (non-hydrogen) atoms. The van der Waals surface area contributed by atoms with Gasteiger partial charge in [-0.15, -0.1) is 15.3 Å². The van der Waals surface area contributed by atoms with E-state index in [1.165, 1.54) is 4.68 Å². The van der Waals surface area contributed by atoms with Crippen LogP contribution in [-0.4, -0.2) is 37.0 Å². The predicted molar refractivity (Wildman–Crippen MR) is 118 cm³/mol. The average Bonchev–Trinajstić information content (AvgIpc) is 3.34. The second-order valence-corrected chi connectivity index (χ2v) is 7.41. The quantitative estimate of drug-likeness (QED) is 0.472. The van der Waals surface area contributed by atoms with Crippen LogP contribution in [0.25, 0.3) is 22.5 Å². The van der Waals surface area contributed by atoms with E-state index in [2.05, 4.69) is 25.7 Å². The molecule has 8 nitrogen and oxygen atoms in total. The highest BCUT2D eigenvalue weighted by atomic mass is 35.5. The normalized spacial score (nSPS) is 10.9. The van der Waals surface area contributed by atoms with E-state index in [0.717, 1.165) is 28.7 Å². The van der Waals surface area contributed by atoms with Crippen molar-refractivity contribution in [2.75, 3.05) is 6.61 Å². The summed E-state index contributed by atoms with van der Waals surface area (Å²) in [4.78, 5) is 12.6. The van der Waals surface area contributed by atoms with Crippen LogP contribution in [0, 0.1) is 6.92 Å². The summed E-state index contributed by atoms with van der Waals surface area (Å²) >= 11 is 6.24. The van der Waals surface area contributed by atoms with E-state index in [4.69, 9.17) is 16.3 Å². The fraction of sp³-hybridized carbons (Fsp3) is 0.227. The van der Waals surface area contributed by atoms with Gasteiger partial charge in [-0.25, -0.2) is 4.68 Å². The Morgan fingerprint density at radius 2 is 1.84 bits per heavy atom. The fourth-order valence-electron chi connectivity index (χ4n) is 3.21. The summed E-state index contributed by atoms with van der Waals surface area (Å²) < 4.78 is 6.99. The summed E-state index contributed by atoms with van der Waals surface area (Å²) in [6.45, 7) is 4.47.